The summed E-state index contributed by atoms with van der Waals surface area (Å²) in [5, 5.41) is 9.16. The standard InChI is InChI=1S/C14H17BrN2O/c1-9(18)4-13(17)10-5-11(7-12(15)6-10)14(2,3)8-16/h5-7,13H,4,17H2,1-3H3/t13-/m0/s1. The molecule has 18 heavy (non-hydrogen) atoms. The summed E-state index contributed by atoms with van der Waals surface area (Å²) in [4.78, 5) is 11.1. The van der Waals surface area contributed by atoms with Crippen LogP contribution in [-0.4, -0.2) is 5.78 Å². The second kappa shape index (κ2) is 5.64. The minimum atomic E-state index is -0.575. The molecule has 0 saturated heterocycles. The number of halogens is 1. The molecular formula is C14H17BrN2O. The van der Waals surface area contributed by atoms with Crippen molar-refractivity contribution in [2.75, 3.05) is 0 Å². The zero-order valence-electron chi connectivity index (χ0n) is 10.8. The number of hydrogen-bond acceptors (Lipinski definition) is 3. The molecule has 0 aromatic heterocycles. The van der Waals surface area contributed by atoms with E-state index in [1.807, 2.05) is 32.0 Å². The lowest BCUT2D eigenvalue weighted by Gasteiger charge is -2.19. The molecule has 0 aliphatic rings. The number of ketones is 1. The molecule has 0 heterocycles. The summed E-state index contributed by atoms with van der Waals surface area (Å²) in [7, 11) is 0. The molecule has 96 valence electrons. The van der Waals surface area contributed by atoms with E-state index in [2.05, 4.69) is 22.0 Å². The summed E-state index contributed by atoms with van der Waals surface area (Å²) >= 11 is 3.42. The van der Waals surface area contributed by atoms with Crippen LogP contribution in [0.25, 0.3) is 0 Å². The molecule has 1 aromatic rings. The second-order valence-electron chi connectivity index (χ2n) is 5.02. The lowest BCUT2D eigenvalue weighted by atomic mass is 9.84. The molecule has 2 N–H and O–H groups in total. The molecule has 0 amide bonds. The average molecular weight is 309 g/mol. The number of carbonyl (C=O) groups excluding carboxylic acids is 1. The van der Waals surface area contributed by atoms with Gasteiger partial charge in [0.25, 0.3) is 0 Å². The third-order valence-electron chi connectivity index (χ3n) is 2.86. The molecule has 0 fully saturated rings. The van der Waals surface area contributed by atoms with Gasteiger partial charge in [-0.15, -0.1) is 0 Å². The third kappa shape index (κ3) is 3.66. The van der Waals surface area contributed by atoms with Gasteiger partial charge in [-0.1, -0.05) is 22.0 Å². The number of nitrogens with two attached hydrogens (primary N) is 1. The Morgan fingerprint density at radius 3 is 2.61 bits per heavy atom. The Balaban J connectivity index is 3.17. The zero-order chi connectivity index (χ0) is 13.9. The topological polar surface area (TPSA) is 66.9 Å². The van der Waals surface area contributed by atoms with E-state index < -0.39 is 5.41 Å². The molecule has 0 spiro atoms. The number of carbonyl (C=O) groups is 1. The predicted octanol–water partition coefficient (Wildman–Crippen LogP) is 3.23. The van der Waals surface area contributed by atoms with Gasteiger partial charge in [0.1, 0.15) is 5.78 Å². The number of rotatable bonds is 4. The molecule has 4 heteroatoms. The van der Waals surface area contributed by atoms with Crippen LogP contribution < -0.4 is 5.73 Å². The van der Waals surface area contributed by atoms with E-state index in [9.17, 15) is 4.79 Å². The van der Waals surface area contributed by atoms with Crippen LogP contribution in [0.4, 0.5) is 0 Å². The van der Waals surface area contributed by atoms with E-state index in [0.29, 0.717) is 6.42 Å². The van der Waals surface area contributed by atoms with Crippen LogP contribution in [0.15, 0.2) is 22.7 Å². The molecule has 1 aromatic carbocycles. The van der Waals surface area contributed by atoms with Crippen LogP contribution in [0.5, 0.6) is 0 Å². The van der Waals surface area contributed by atoms with Gasteiger partial charge in [0.15, 0.2) is 0 Å². The summed E-state index contributed by atoms with van der Waals surface area (Å²) in [5.41, 5.74) is 7.19. The first-order valence-electron chi connectivity index (χ1n) is 5.73. The van der Waals surface area contributed by atoms with Crippen molar-refractivity contribution in [3.05, 3.63) is 33.8 Å². The molecule has 0 unspecified atom stereocenters. The van der Waals surface area contributed by atoms with E-state index in [4.69, 9.17) is 11.0 Å². The predicted molar refractivity (Wildman–Crippen MR) is 75.0 cm³/mol. The fraction of sp³-hybridized carbons (Fsp3) is 0.429. The van der Waals surface area contributed by atoms with Crippen molar-refractivity contribution in [3.8, 4) is 6.07 Å². The number of Topliss-reactive ketones (excluding diaryl/α,β-unsaturated/α-hetero) is 1. The molecule has 3 nitrogen and oxygen atoms in total. The Bertz CT molecular complexity index is 503. The summed E-state index contributed by atoms with van der Waals surface area (Å²) in [5.74, 6) is 0.0589. The first-order chi connectivity index (χ1) is 8.26. The number of benzene rings is 1. The SMILES string of the molecule is CC(=O)C[C@H](N)c1cc(Br)cc(C(C)(C)C#N)c1. The van der Waals surface area contributed by atoms with Crippen molar-refractivity contribution in [1.29, 1.82) is 5.26 Å². The van der Waals surface area contributed by atoms with E-state index in [1.54, 1.807) is 0 Å². The summed E-state index contributed by atoms with van der Waals surface area (Å²) in [6.07, 6.45) is 0.308. The van der Waals surface area contributed by atoms with Gasteiger partial charge < -0.3 is 5.73 Å². The highest BCUT2D eigenvalue weighted by Crippen LogP contribution is 2.29. The van der Waals surface area contributed by atoms with Crippen LogP contribution >= 0.6 is 15.9 Å². The fourth-order valence-electron chi connectivity index (χ4n) is 1.68. The van der Waals surface area contributed by atoms with Crippen LogP contribution in [-0.2, 0) is 10.2 Å². The summed E-state index contributed by atoms with van der Waals surface area (Å²) < 4.78 is 0.873. The molecule has 0 aliphatic carbocycles. The fourth-order valence-corrected chi connectivity index (χ4v) is 2.19. The molecule has 0 aliphatic heterocycles. The lowest BCUT2D eigenvalue weighted by molar-refractivity contribution is -0.117. The molecule has 0 saturated carbocycles. The van der Waals surface area contributed by atoms with Gasteiger partial charge in [-0.3, -0.25) is 4.79 Å². The van der Waals surface area contributed by atoms with Crippen molar-refractivity contribution in [2.24, 2.45) is 5.73 Å². The summed E-state index contributed by atoms with van der Waals surface area (Å²) in [6, 6.07) is 7.65. The van der Waals surface area contributed by atoms with E-state index >= 15 is 0 Å². The first kappa shape index (κ1) is 14.9. The highest BCUT2D eigenvalue weighted by molar-refractivity contribution is 9.10. The van der Waals surface area contributed by atoms with Gasteiger partial charge in [-0.2, -0.15) is 5.26 Å². The lowest BCUT2D eigenvalue weighted by Crippen LogP contribution is -2.18. The molecule has 0 bridgehead atoms. The van der Waals surface area contributed by atoms with Crippen LogP contribution in [0.2, 0.25) is 0 Å². The minimum absolute atomic E-state index is 0.0589. The Kier molecular flexibility index (Phi) is 4.66. The van der Waals surface area contributed by atoms with Gasteiger partial charge >= 0.3 is 0 Å². The smallest absolute Gasteiger partial charge is 0.131 e. The Labute approximate surface area is 116 Å². The quantitative estimate of drug-likeness (QED) is 0.928. The van der Waals surface area contributed by atoms with Crippen LogP contribution in [0.1, 0.15) is 44.4 Å². The van der Waals surface area contributed by atoms with Crippen molar-refractivity contribution in [2.45, 2.75) is 38.6 Å². The Morgan fingerprint density at radius 1 is 1.50 bits per heavy atom. The first-order valence-corrected chi connectivity index (χ1v) is 6.53. The van der Waals surface area contributed by atoms with E-state index in [1.165, 1.54) is 6.92 Å². The minimum Gasteiger partial charge on any atom is -0.324 e. The largest absolute Gasteiger partial charge is 0.324 e. The zero-order valence-corrected chi connectivity index (χ0v) is 12.4. The molecule has 1 atom stereocenters. The highest BCUT2D eigenvalue weighted by Gasteiger charge is 2.22. The average Bonchev–Trinajstić information content (AvgIpc) is 2.27. The van der Waals surface area contributed by atoms with Crippen LogP contribution in [0, 0.1) is 11.3 Å². The molecular weight excluding hydrogens is 292 g/mol. The normalized spacial score (nSPS) is 12.9. The number of nitriles is 1. The van der Waals surface area contributed by atoms with Crippen molar-refractivity contribution in [1.82, 2.24) is 0 Å². The van der Waals surface area contributed by atoms with Crippen molar-refractivity contribution in [3.63, 3.8) is 0 Å². The van der Waals surface area contributed by atoms with Crippen LogP contribution in [0.3, 0.4) is 0 Å². The van der Waals surface area contributed by atoms with Crippen molar-refractivity contribution < 1.29 is 4.79 Å². The maximum atomic E-state index is 11.1. The number of nitrogens with zero attached hydrogens (tertiary/aromatic N) is 1. The Morgan fingerprint density at radius 2 is 2.11 bits per heavy atom. The Hall–Kier alpha value is -1.18. The van der Waals surface area contributed by atoms with Gasteiger partial charge in [-0.05, 0) is 44.0 Å². The van der Waals surface area contributed by atoms with Gasteiger partial charge in [0.05, 0.1) is 11.5 Å². The van der Waals surface area contributed by atoms with Crippen molar-refractivity contribution >= 4 is 21.7 Å². The summed E-state index contributed by atoms with van der Waals surface area (Å²) in [6.45, 7) is 5.24. The van der Waals surface area contributed by atoms with Gasteiger partial charge in [-0.25, -0.2) is 0 Å². The van der Waals surface area contributed by atoms with Gasteiger partial charge in [0.2, 0.25) is 0 Å². The van der Waals surface area contributed by atoms with E-state index in [-0.39, 0.29) is 11.8 Å². The van der Waals surface area contributed by atoms with Gasteiger partial charge in [0, 0.05) is 16.9 Å². The van der Waals surface area contributed by atoms with E-state index in [0.717, 1.165) is 15.6 Å². The molecule has 0 radical (unpaired) electrons. The second-order valence-corrected chi connectivity index (χ2v) is 5.94. The third-order valence-corrected chi connectivity index (χ3v) is 3.31. The molecule has 1 rings (SSSR count). The monoisotopic (exact) mass is 308 g/mol. The maximum Gasteiger partial charge on any atom is 0.131 e. The highest BCUT2D eigenvalue weighted by atomic mass is 79.9. The maximum absolute atomic E-state index is 11.1. The number of hydrogen-bond donors (Lipinski definition) is 1.